The minimum atomic E-state index is -2.99. The number of benzene rings is 1. The summed E-state index contributed by atoms with van der Waals surface area (Å²) in [5, 5.41) is 0. The molecule has 1 aromatic rings. The Hall–Kier alpha value is -0.990. The molecule has 0 aliphatic carbocycles. The van der Waals surface area contributed by atoms with Crippen LogP contribution in [-0.4, -0.2) is 20.4 Å². The van der Waals surface area contributed by atoms with Gasteiger partial charge in [-0.25, -0.2) is 4.57 Å². The molecule has 0 N–H and O–H groups in total. The van der Waals surface area contributed by atoms with Crippen LogP contribution in [0.25, 0.3) is 0 Å². The first kappa shape index (κ1) is 12.1. The molecular formula is C10H15O4P. The van der Waals surface area contributed by atoms with Crippen LogP contribution < -0.4 is 9.26 Å². The summed E-state index contributed by atoms with van der Waals surface area (Å²) in [6.07, 6.45) is 0.334. The van der Waals surface area contributed by atoms with Crippen LogP contribution in [0.15, 0.2) is 24.3 Å². The van der Waals surface area contributed by atoms with E-state index >= 15 is 0 Å². The molecule has 0 spiro atoms. The second kappa shape index (κ2) is 5.19. The molecule has 1 rings (SSSR count). The average Bonchev–Trinajstić information content (AvgIpc) is 2.29. The molecule has 15 heavy (non-hydrogen) atoms. The Morgan fingerprint density at radius 1 is 1.27 bits per heavy atom. The molecule has 0 saturated carbocycles. The third kappa shape index (κ3) is 3.26. The summed E-state index contributed by atoms with van der Waals surface area (Å²) in [6.45, 7) is 1.75. The minimum Gasteiger partial charge on any atom is -0.497 e. The van der Waals surface area contributed by atoms with Crippen LogP contribution in [-0.2, 0) is 9.09 Å². The lowest BCUT2D eigenvalue weighted by Crippen LogP contribution is -1.97. The second-order valence-electron chi connectivity index (χ2n) is 2.88. The average molecular weight is 230 g/mol. The number of hydrogen-bond acceptors (Lipinski definition) is 4. The van der Waals surface area contributed by atoms with E-state index in [0.717, 1.165) is 0 Å². The van der Waals surface area contributed by atoms with Crippen LogP contribution in [0.1, 0.15) is 6.92 Å². The predicted molar refractivity (Wildman–Crippen MR) is 58.8 cm³/mol. The largest absolute Gasteiger partial charge is 0.497 e. The lowest BCUT2D eigenvalue weighted by molar-refractivity contribution is 0.322. The molecule has 0 aliphatic heterocycles. The van der Waals surface area contributed by atoms with Crippen LogP contribution in [0.2, 0.25) is 0 Å². The second-order valence-corrected chi connectivity index (χ2v) is 5.28. The van der Waals surface area contributed by atoms with Gasteiger partial charge in [-0.15, -0.1) is 0 Å². The fourth-order valence-electron chi connectivity index (χ4n) is 1.05. The van der Waals surface area contributed by atoms with E-state index in [0.29, 0.717) is 17.7 Å². The monoisotopic (exact) mass is 230 g/mol. The van der Waals surface area contributed by atoms with Crippen molar-refractivity contribution in [3.8, 4) is 11.5 Å². The van der Waals surface area contributed by atoms with Crippen molar-refractivity contribution < 1.29 is 18.3 Å². The number of rotatable bonds is 5. The van der Waals surface area contributed by atoms with Gasteiger partial charge in [0.25, 0.3) is 0 Å². The van der Waals surface area contributed by atoms with E-state index in [1.807, 2.05) is 0 Å². The van der Waals surface area contributed by atoms with Crippen LogP contribution in [0, 0.1) is 0 Å². The molecule has 0 radical (unpaired) electrons. The molecule has 0 aromatic heterocycles. The van der Waals surface area contributed by atoms with Gasteiger partial charge in [0.05, 0.1) is 13.3 Å². The highest BCUT2D eigenvalue weighted by atomic mass is 31.2. The Balaban J connectivity index is 2.84. The van der Waals surface area contributed by atoms with Crippen molar-refractivity contribution >= 4 is 7.60 Å². The van der Waals surface area contributed by atoms with Gasteiger partial charge >= 0.3 is 7.60 Å². The molecule has 84 valence electrons. The Morgan fingerprint density at radius 2 is 1.93 bits per heavy atom. The number of hydrogen-bond donors (Lipinski definition) is 0. The predicted octanol–water partition coefficient (Wildman–Crippen LogP) is 2.93. The first-order valence-corrected chi connectivity index (χ1v) is 6.35. The fourth-order valence-corrected chi connectivity index (χ4v) is 1.95. The molecule has 0 amide bonds. The van der Waals surface area contributed by atoms with Crippen molar-refractivity contribution in [2.24, 2.45) is 0 Å². The van der Waals surface area contributed by atoms with E-state index in [1.54, 1.807) is 38.3 Å². The first-order valence-electron chi connectivity index (χ1n) is 4.62. The lowest BCUT2D eigenvalue weighted by atomic mass is 10.3. The maximum absolute atomic E-state index is 11.8. The van der Waals surface area contributed by atoms with Crippen LogP contribution >= 0.6 is 7.60 Å². The highest BCUT2D eigenvalue weighted by molar-refractivity contribution is 7.54. The molecule has 0 bridgehead atoms. The van der Waals surface area contributed by atoms with Gasteiger partial charge in [-0.3, -0.25) is 0 Å². The van der Waals surface area contributed by atoms with E-state index < -0.39 is 7.60 Å². The van der Waals surface area contributed by atoms with Gasteiger partial charge in [-0.05, 0) is 12.1 Å². The van der Waals surface area contributed by atoms with E-state index in [4.69, 9.17) is 13.8 Å². The van der Waals surface area contributed by atoms with Gasteiger partial charge in [-0.1, -0.05) is 13.0 Å². The van der Waals surface area contributed by atoms with Gasteiger partial charge in [-0.2, -0.15) is 0 Å². The van der Waals surface area contributed by atoms with Gasteiger partial charge in [0.2, 0.25) is 0 Å². The van der Waals surface area contributed by atoms with Crippen molar-refractivity contribution in [3.63, 3.8) is 0 Å². The molecule has 0 heterocycles. The maximum atomic E-state index is 11.8. The molecular weight excluding hydrogens is 215 g/mol. The van der Waals surface area contributed by atoms with Crippen molar-refractivity contribution in [2.45, 2.75) is 6.92 Å². The van der Waals surface area contributed by atoms with Crippen LogP contribution in [0.4, 0.5) is 0 Å². The fraction of sp³-hybridized carbons (Fsp3) is 0.400. The quantitative estimate of drug-likeness (QED) is 0.729. The molecule has 0 aliphatic rings. The Labute approximate surface area is 89.7 Å². The van der Waals surface area contributed by atoms with Crippen LogP contribution in [0.5, 0.6) is 11.5 Å². The summed E-state index contributed by atoms with van der Waals surface area (Å²) in [6, 6.07) is 6.94. The highest BCUT2D eigenvalue weighted by Crippen LogP contribution is 2.47. The van der Waals surface area contributed by atoms with Gasteiger partial charge in [0, 0.05) is 13.2 Å². The zero-order chi connectivity index (χ0) is 11.3. The molecule has 1 atom stereocenters. The Bertz CT molecular complexity index is 356. The third-order valence-electron chi connectivity index (χ3n) is 1.95. The van der Waals surface area contributed by atoms with Crippen LogP contribution in [0.3, 0.4) is 0 Å². The maximum Gasteiger partial charge on any atom is 0.378 e. The van der Waals surface area contributed by atoms with E-state index in [1.165, 1.54) is 7.11 Å². The summed E-state index contributed by atoms with van der Waals surface area (Å²) in [5.74, 6) is 1.15. The Kier molecular flexibility index (Phi) is 4.18. The number of methoxy groups -OCH3 is 1. The zero-order valence-electron chi connectivity index (χ0n) is 9.10. The third-order valence-corrected chi connectivity index (χ3v) is 3.77. The van der Waals surface area contributed by atoms with Crippen molar-refractivity contribution in [2.75, 3.05) is 20.4 Å². The van der Waals surface area contributed by atoms with Crippen molar-refractivity contribution in [1.82, 2.24) is 0 Å². The summed E-state index contributed by atoms with van der Waals surface area (Å²) in [4.78, 5) is 0. The standard InChI is InChI=1S/C10H15O4P/c1-4-15(11,13-3)14-10-7-5-6-9(8-10)12-2/h5-8H,4H2,1-3H3. The first-order chi connectivity index (χ1) is 7.13. The molecule has 1 aromatic carbocycles. The van der Waals surface area contributed by atoms with Gasteiger partial charge < -0.3 is 13.8 Å². The van der Waals surface area contributed by atoms with Gasteiger partial charge in [0.1, 0.15) is 11.5 Å². The normalized spacial score (nSPS) is 14.3. The van der Waals surface area contributed by atoms with Crippen molar-refractivity contribution in [3.05, 3.63) is 24.3 Å². The van der Waals surface area contributed by atoms with Crippen molar-refractivity contribution in [1.29, 1.82) is 0 Å². The summed E-state index contributed by atoms with van der Waals surface area (Å²) >= 11 is 0. The molecule has 1 unspecified atom stereocenters. The molecule has 4 nitrogen and oxygen atoms in total. The summed E-state index contributed by atoms with van der Waals surface area (Å²) in [7, 11) is -0.0452. The highest BCUT2D eigenvalue weighted by Gasteiger charge is 2.21. The summed E-state index contributed by atoms with van der Waals surface area (Å²) in [5.41, 5.74) is 0. The summed E-state index contributed by atoms with van der Waals surface area (Å²) < 4.78 is 27.0. The topological polar surface area (TPSA) is 44.8 Å². The number of ether oxygens (including phenoxy) is 1. The lowest BCUT2D eigenvalue weighted by Gasteiger charge is -2.15. The molecule has 0 saturated heterocycles. The van der Waals surface area contributed by atoms with E-state index in [-0.39, 0.29) is 0 Å². The molecule has 5 heteroatoms. The van der Waals surface area contributed by atoms with E-state index in [2.05, 4.69) is 0 Å². The van der Waals surface area contributed by atoms with E-state index in [9.17, 15) is 4.57 Å². The Morgan fingerprint density at radius 3 is 2.47 bits per heavy atom. The molecule has 0 fully saturated rings. The zero-order valence-corrected chi connectivity index (χ0v) is 9.99. The van der Waals surface area contributed by atoms with Gasteiger partial charge in [0.15, 0.2) is 0 Å². The smallest absolute Gasteiger partial charge is 0.378 e. The SMILES string of the molecule is CCP(=O)(OC)Oc1cccc(OC)c1. The minimum absolute atomic E-state index is 0.334.